The standard InChI is InChI=1S/C28H24O5/c1-5-27(29)32-23-12-7-20(8-13-23)22-11-16-25(26(17-22)31-18-19(3)4)21-9-14-24(15-10-21)33-28(30)6-2/h5-18H,1-2H2,3-4H3. The smallest absolute Gasteiger partial charge is 0.335 e. The van der Waals surface area contributed by atoms with Crippen molar-refractivity contribution in [2.45, 2.75) is 13.8 Å². The van der Waals surface area contributed by atoms with Crippen molar-refractivity contribution in [2.75, 3.05) is 0 Å². The zero-order valence-electron chi connectivity index (χ0n) is 18.5. The third-order valence-electron chi connectivity index (χ3n) is 4.53. The Bertz CT molecular complexity index is 1200. The summed E-state index contributed by atoms with van der Waals surface area (Å²) in [4.78, 5) is 22.8. The van der Waals surface area contributed by atoms with E-state index < -0.39 is 11.9 Å². The van der Waals surface area contributed by atoms with Crippen LogP contribution in [-0.2, 0) is 9.59 Å². The van der Waals surface area contributed by atoms with Gasteiger partial charge in [-0.3, -0.25) is 0 Å². The van der Waals surface area contributed by atoms with Crippen molar-refractivity contribution in [3.05, 3.63) is 104 Å². The van der Waals surface area contributed by atoms with Crippen LogP contribution in [0.4, 0.5) is 0 Å². The highest BCUT2D eigenvalue weighted by atomic mass is 16.5. The van der Waals surface area contributed by atoms with Crippen molar-refractivity contribution in [1.29, 1.82) is 0 Å². The minimum atomic E-state index is -0.509. The molecule has 5 heteroatoms. The largest absolute Gasteiger partial charge is 0.464 e. The Hall–Kier alpha value is -4.38. The van der Waals surface area contributed by atoms with E-state index in [1.165, 1.54) is 0 Å². The van der Waals surface area contributed by atoms with E-state index in [0.29, 0.717) is 17.2 Å². The molecule has 33 heavy (non-hydrogen) atoms. The summed E-state index contributed by atoms with van der Waals surface area (Å²) in [6.45, 7) is 10.7. The molecule has 0 bridgehead atoms. The van der Waals surface area contributed by atoms with E-state index in [4.69, 9.17) is 14.2 Å². The molecule has 0 saturated carbocycles. The van der Waals surface area contributed by atoms with Crippen LogP contribution in [0.5, 0.6) is 17.2 Å². The average molecular weight is 440 g/mol. The van der Waals surface area contributed by atoms with Crippen LogP contribution in [0.2, 0.25) is 0 Å². The lowest BCUT2D eigenvalue weighted by Crippen LogP contribution is -2.02. The van der Waals surface area contributed by atoms with Gasteiger partial charge in [0.25, 0.3) is 0 Å². The fourth-order valence-corrected chi connectivity index (χ4v) is 2.95. The van der Waals surface area contributed by atoms with Gasteiger partial charge in [-0.2, -0.15) is 0 Å². The maximum absolute atomic E-state index is 11.4. The van der Waals surface area contributed by atoms with E-state index in [0.717, 1.165) is 40.0 Å². The molecule has 0 spiro atoms. The van der Waals surface area contributed by atoms with Gasteiger partial charge in [-0.25, -0.2) is 9.59 Å². The number of benzene rings is 3. The monoisotopic (exact) mass is 440 g/mol. The van der Waals surface area contributed by atoms with Crippen LogP contribution < -0.4 is 14.2 Å². The zero-order chi connectivity index (χ0) is 23.8. The highest BCUT2D eigenvalue weighted by Gasteiger charge is 2.11. The van der Waals surface area contributed by atoms with E-state index in [1.807, 2.05) is 56.3 Å². The first kappa shape index (κ1) is 23.3. The number of ether oxygens (including phenoxy) is 3. The predicted molar refractivity (Wildman–Crippen MR) is 129 cm³/mol. The summed E-state index contributed by atoms with van der Waals surface area (Å²) in [6, 6.07) is 20.3. The predicted octanol–water partition coefficient (Wildman–Crippen LogP) is 6.51. The van der Waals surface area contributed by atoms with Gasteiger partial charge in [-0.05, 0) is 66.4 Å². The van der Waals surface area contributed by atoms with Gasteiger partial charge in [0.1, 0.15) is 17.2 Å². The fraction of sp³-hybridized carbons (Fsp3) is 0.0714. The molecule has 0 heterocycles. The summed E-state index contributed by atoms with van der Waals surface area (Å²) >= 11 is 0. The highest BCUT2D eigenvalue weighted by molar-refractivity contribution is 5.84. The van der Waals surface area contributed by atoms with Crippen LogP contribution in [-0.4, -0.2) is 11.9 Å². The lowest BCUT2D eigenvalue weighted by molar-refractivity contribution is -0.129. The SMILES string of the molecule is C=CC(=O)Oc1ccc(-c2ccc(-c3ccc(OC(=O)C=C)cc3)c(OC=C(C)C)c2)cc1. The summed E-state index contributed by atoms with van der Waals surface area (Å²) in [7, 11) is 0. The van der Waals surface area contributed by atoms with Gasteiger partial charge in [0, 0.05) is 17.7 Å². The molecular weight excluding hydrogens is 416 g/mol. The highest BCUT2D eigenvalue weighted by Crippen LogP contribution is 2.36. The first-order valence-corrected chi connectivity index (χ1v) is 10.2. The van der Waals surface area contributed by atoms with Gasteiger partial charge >= 0.3 is 11.9 Å². The zero-order valence-corrected chi connectivity index (χ0v) is 18.5. The normalized spacial score (nSPS) is 10.0. The number of hydrogen-bond donors (Lipinski definition) is 0. The Morgan fingerprint density at radius 1 is 0.697 bits per heavy atom. The molecule has 0 unspecified atom stereocenters. The fourth-order valence-electron chi connectivity index (χ4n) is 2.95. The summed E-state index contributed by atoms with van der Waals surface area (Å²) in [5.74, 6) is 0.536. The van der Waals surface area contributed by atoms with Crippen molar-refractivity contribution < 1.29 is 23.8 Å². The molecule has 0 amide bonds. The molecule has 0 saturated heterocycles. The van der Waals surface area contributed by atoms with Crippen molar-refractivity contribution in [3.63, 3.8) is 0 Å². The van der Waals surface area contributed by atoms with Gasteiger partial charge in [-0.1, -0.05) is 49.6 Å². The number of esters is 2. The minimum Gasteiger partial charge on any atom is -0.464 e. The lowest BCUT2D eigenvalue weighted by atomic mass is 9.99. The van der Waals surface area contributed by atoms with Crippen molar-refractivity contribution in [2.24, 2.45) is 0 Å². The van der Waals surface area contributed by atoms with E-state index in [9.17, 15) is 9.59 Å². The second kappa shape index (κ2) is 10.8. The van der Waals surface area contributed by atoms with Crippen LogP contribution in [0, 0.1) is 0 Å². The summed E-state index contributed by atoms with van der Waals surface area (Å²) in [5.41, 5.74) is 4.69. The van der Waals surface area contributed by atoms with Crippen LogP contribution in [0.25, 0.3) is 22.3 Å². The van der Waals surface area contributed by atoms with Gasteiger partial charge in [0.05, 0.1) is 6.26 Å². The average Bonchev–Trinajstić information content (AvgIpc) is 2.83. The van der Waals surface area contributed by atoms with E-state index in [1.54, 1.807) is 30.5 Å². The third-order valence-corrected chi connectivity index (χ3v) is 4.53. The van der Waals surface area contributed by atoms with Crippen LogP contribution in [0.3, 0.4) is 0 Å². The number of allylic oxidation sites excluding steroid dienone is 1. The van der Waals surface area contributed by atoms with E-state index in [2.05, 4.69) is 13.2 Å². The van der Waals surface area contributed by atoms with Crippen LogP contribution in [0.15, 0.2) is 104 Å². The van der Waals surface area contributed by atoms with Crippen molar-refractivity contribution in [1.82, 2.24) is 0 Å². The van der Waals surface area contributed by atoms with Gasteiger partial charge in [0.2, 0.25) is 0 Å². The summed E-state index contributed by atoms with van der Waals surface area (Å²) in [6.07, 6.45) is 3.93. The Morgan fingerprint density at radius 3 is 1.67 bits per heavy atom. The molecular formula is C28H24O5. The molecule has 3 rings (SSSR count). The van der Waals surface area contributed by atoms with Gasteiger partial charge in [0.15, 0.2) is 0 Å². The molecule has 0 N–H and O–H groups in total. The molecule has 0 atom stereocenters. The van der Waals surface area contributed by atoms with Crippen LogP contribution >= 0.6 is 0 Å². The Balaban J connectivity index is 1.93. The Kier molecular flexibility index (Phi) is 7.60. The molecule has 0 aliphatic carbocycles. The topological polar surface area (TPSA) is 61.8 Å². The molecule has 3 aromatic carbocycles. The quantitative estimate of drug-likeness (QED) is 0.173. The number of carbonyl (C=O) groups excluding carboxylic acids is 2. The second-order valence-electron chi connectivity index (χ2n) is 7.32. The first-order valence-electron chi connectivity index (χ1n) is 10.2. The molecule has 0 aliphatic heterocycles. The van der Waals surface area contributed by atoms with E-state index >= 15 is 0 Å². The summed E-state index contributed by atoms with van der Waals surface area (Å²) in [5, 5.41) is 0. The van der Waals surface area contributed by atoms with Crippen LogP contribution in [0.1, 0.15) is 13.8 Å². The summed E-state index contributed by atoms with van der Waals surface area (Å²) < 4.78 is 16.3. The lowest BCUT2D eigenvalue weighted by Gasteiger charge is -2.13. The molecule has 0 fully saturated rings. The molecule has 5 nitrogen and oxygen atoms in total. The maximum Gasteiger partial charge on any atom is 0.335 e. The minimum absolute atomic E-state index is 0.435. The third kappa shape index (κ3) is 6.31. The van der Waals surface area contributed by atoms with Gasteiger partial charge in [-0.15, -0.1) is 0 Å². The molecule has 0 radical (unpaired) electrons. The Morgan fingerprint density at radius 2 is 1.18 bits per heavy atom. The number of rotatable bonds is 8. The first-order chi connectivity index (χ1) is 15.9. The van der Waals surface area contributed by atoms with Crippen molar-refractivity contribution >= 4 is 11.9 Å². The second-order valence-corrected chi connectivity index (χ2v) is 7.32. The molecule has 0 aliphatic rings. The molecule has 166 valence electrons. The van der Waals surface area contributed by atoms with E-state index in [-0.39, 0.29) is 0 Å². The molecule has 0 aromatic heterocycles. The van der Waals surface area contributed by atoms with Crippen molar-refractivity contribution in [3.8, 4) is 39.5 Å². The Labute approximate surface area is 193 Å². The van der Waals surface area contributed by atoms with Gasteiger partial charge < -0.3 is 14.2 Å². The maximum atomic E-state index is 11.4. The number of hydrogen-bond acceptors (Lipinski definition) is 5. The number of carbonyl (C=O) groups is 2. The molecule has 3 aromatic rings.